The number of hydrogen-bond donors (Lipinski definition) is 0. The van der Waals surface area contributed by atoms with Gasteiger partial charge in [-0.25, -0.2) is 0 Å². The van der Waals surface area contributed by atoms with Gasteiger partial charge in [0.15, 0.2) is 0 Å². The molecule has 0 radical (unpaired) electrons. The third-order valence-corrected chi connectivity index (χ3v) is 2.83. The topological polar surface area (TPSA) is 47.9 Å². The van der Waals surface area contributed by atoms with E-state index in [2.05, 4.69) is 15.2 Å². The molecule has 0 atom stereocenters. The zero-order valence-corrected chi connectivity index (χ0v) is 11.8. The molecule has 0 N–H and O–H groups in total. The first kappa shape index (κ1) is 13.3. The van der Waals surface area contributed by atoms with Gasteiger partial charge in [0.05, 0.1) is 0 Å². The number of benzene rings is 1. The van der Waals surface area contributed by atoms with Gasteiger partial charge >= 0.3 is 0 Å². The van der Waals surface area contributed by atoms with Crippen molar-refractivity contribution in [2.45, 2.75) is 13.8 Å². The molecule has 0 aliphatic carbocycles. The Bertz CT molecular complexity index is 581. The zero-order chi connectivity index (χ0) is 13.3. The van der Waals surface area contributed by atoms with E-state index in [-0.39, 0.29) is 16.3 Å². The fourth-order valence-corrected chi connectivity index (χ4v) is 2.06. The molecule has 0 unspecified atom stereocenters. The largest absolute Gasteiger partial charge is 0.436 e. The predicted molar refractivity (Wildman–Crippen MR) is 70.8 cm³/mol. The van der Waals surface area contributed by atoms with Gasteiger partial charge in [-0.3, -0.25) is 0 Å². The number of rotatable bonds is 2. The van der Waals surface area contributed by atoms with E-state index < -0.39 is 0 Å². The summed E-state index contributed by atoms with van der Waals surface area (Å²) in [7, 11) is 0. The molecule has 0 aliphatic heterocycles. The van der Waals surface area contributed by atoms with Crippen LogP contribution in [0.5, 0.6) is 11.6 Å². The fourth-order valence-electron chi connectivity index (χ4n) is 1.50. The molecule has 2 aromatic rings. The lowest BCUT2D eigenvalue weighted by Crippen LogP contribution is -1.97. The van der Waals surface area contributed by atoms with Gasteiger partial charge in [-0.2, -0.15) is 4.98 Å². The van der Waals surface area contributed by atoms with Gasteiger partial charge in [0, 0.05) is 5.02 Å². The summed E-state index contributed by atoms with van der Waals surface area (Å²) >= 11 is 17.4. The van der Waals surface area contributed by atoms with Crippen LogP contribution >= 0.6 is 34.8 Å². The molecule has 0 aliphatic rings. The standard InChI is InChI=1S/C11H8Cl3N3O/c1-5-3-7(12)4-6(2)8(5)18-10-9(13)16-17-11(14)15-10/h3-4H,1-2H3. The minimum Gasteiger partial charge on any atom is -0.436 e. The summed E-state index contributed by atoms with van der Waals surface area (Å²) in [5, 5.41) is 7.79. The maximum absolute atomic E-state index is 5.94. The number of nitrogens with zero attached hydrogens (tertiary/aromatic N) is 3. The molecule has 94 valence electrons. The van der Waals surface area contributed by atoms with Crippen LogP contribution in [0.4, 0.5) is 0 Å². The van der Waals surface area contributed by atoms with Crippen LogP contribution < -0.4 is 4.74 Å². The number of halogens is 3. The highest BCUT2D eigenvalue weighted by Crippen LogP contribution is 2.32. The minimum atomic E-state index is -0.0290. The lowest BCUT2D eigenvalue weighted by molar-refractivity contribution is 0.451. The van der Waals surface area contributed by atoms with E-state index in [0.29, 0.717) is 10.8 Å². The second-order valence-electron chi connectivity index (χ2n) is 3.65. The van der Waals surface area contributed by atoms with Crippen LogP contribution in [0, 0.1) is 13.8 Å². The maximum Gasteiger partial charge on any atom is 0.262 e. The van der Waals surface area contributed by atoms with E-state index in [0.717, 1.165) is 11.1 Å². The summed E-state index contributed by atoms with van der Waals surface area (Å²) in [6.07, 6.45) is 0. The molecule has 1 aromatic heterocycles. The second-order valence-corrected chi connectivity index (χ2v) is 4.78. The SMILES string of the molecule is Cc1cc(Cl)cc(C)c1Oc1nc(Cl)nnc1Cl. The molecular weight excluding hydrogens is 296 g/mol. The van der Waals surface area contributed by atoms with Crippen molar-refractivity contribution >= 4 is 34.8 Å². The molecule has 0 saturated heterocycles. The molecule has 4 nitrogen and oxygen atoms in total. The number of aryl methyl sites for hydroxylation is 2. The van der Waals surface area contributed by atoms with Crippen LogP contribution in [0.3, 0.4) is 0 Å². The molecule has 0 amide bonds. The van der Waals surface area contributed by atoms with E-state index in [4.69, 9.17) is 39.5 Å². The smallest absolute Gasteiger partial charge is 0.262 e. The summed E-state index contributed by atoms with van der Waals surface area (Å²) in [6.45, 7) is 3.75. The van der Waals surface area contributed by atoms with Crippen molar-refractivity contribution in [1.82, 2.24) is 15.2 Å². The maximum atomic E-state index is 5.94. The van der Waals surface area contributed by atoms with Crippen molar-refractivity contribution in [3.63, 3.8) is 0 Å². The first-order valence-electron chi connectivity index (χ1n) is 4.97. The lowest BCUT2D eigenvalue weighted by atomic mass is 10.1. The molecule has 1 aromatic carbocycles. The predicted octanol–water partition coefficient (Wildman–Crippen LogP) is 4.24. The van der Waals surface area contributed by atoms with Gasteiger partial charge in [0.25, 0.3) is 5.88 Å². The first-order chi connectivity index (χ1) is 8.47. The summed E-state index contributed by atoms with van der Waals surface area (Å²) < 4.78 is 5.62. The van der Waals surface area contributed by atoms with E-state index in [1.807, 2.05) is 13.8 Å². The van der Waals surface area contributed by atoms with Crippen LogP contribution in [-0.4, -0.2) is 15.2 Å². The van der Waals surface area contributed by atoms with E-state index in [1.165, 1.54) is 0 Å². The van der Waals surface area contributed by atoms with Crippen molar-refractivity contribution in [3.05, 3.63) is 38.7 Å². The van der Waals surface area contributed by atoms with Crippen LogP contribution in [0.2, 0.25) is 15.5 Å². The zero-order valence-electron chi connectivity index (χ0n) is 9.54. The molecule has 0 fully saturated rings. The van der Waals surface area contributed by atoms with Gasteiger partial charge < -0.3 is 4.74 Å². The average molecular weight is 305 g/mol. The Morgan fingerprint density at radius 2 is 1.61 bits per heavy atom. The van der Waals surface area contributed by atoms with Crippen LogP contribution in [0.15, 0.2) is 12.1 Å². The van der Waals surface area contributed by atoms with Crippen molar-refractivity contribution in [1.29, 1.82) is 0 Å². The second kappa shape index (κ2) is 5.26. The Kier molecular flexibility index (Phi) is 3.90. The summed E-state index contributed by atoms with van der Waals surface area (Å²) in [4.78, 5) is 3.88. The summed E-state index contributed by atoms with van der Waals surface area (Å²) in [5.74, 6) is 0.739. The Morgan fingerprint density at radius 1 is 1.00 bits per heavy atom. The third-order valence-electron chi connectivity index (χ3n) is 2.21. The molecule has 0 spiro atoms. The molecule has 1 heterocycles. The molecule has 18 heavy (non-hydrogen) atoms. The summed E-state index contributed by atoms with van der Waals surface area (Å²) in [5.41, 5.74) is 1.73. The molecule has 7 heteroatoms. The van der Waals surface area contributed by atoms with Gasteiger partial charge in [0.2, 0.25) is 10.4 Å². The Labute approximate surface area is 119 Å². The molecule has 0 saturated carbocycles. The normalized spacial score (nSPS) is 10.5. The van der Waals surface area contributed by atoms with Crippen molar-refractivity contribution < 1.29 is 4.74 Å². The van der Waals surface area contributed by atoms with Gasteiger partial charge in [-0.05, 0) is 48.7 Å². The lowest BCUT2D eigenvalue weighted by Gasteiger charge is -2.11. The Morgan fingerprint density at radius 3 is 2.22 bits per heavy atom. The van der Waals surface area contributed by atoms with Crippen molar-refractivity contribution in [3.8, 4) is 11.6 Å². The fraction of sp³-hybridized carbons (Fsp3) is 0.182. The van der Waals surface area contributed by atoms with Gasteiger partial charge in [-0.15, -0.1) is 10.2 Å². The average Bonchev–Trinajstić information content (AvgIpc) is 2.28. The minimum absolute atomic E-state index is 0.0290. The summed E-state index contributed by atoms with van der Waals surface area (Å²) in [6, 6.07) is 3.57. The van der Waals surface area contributed by atoms with E-state index >= 15 is 0 Å². The third kappa shape index (κ3) is 2.83. The highest BCUT2D eigenvalue weighted by molar-refractivity contribution is 6.31. The van der Waals surface area contributed by atoms with Gasteiger partial charge in [0.1, 0.15) is 5.75 Å². The first-order valence-corrected chi connectivity index (χ1v) is 6.11. The molecular formula is C11H8Cl3N3O. The van der Waals surface area contributed by atoms with Crippen LogP contribution in [-0.2, 0) is 0 Å². The van der Waals surface area contributed by atoms with Crippen LogP contribution in [0.25, 0.3) is 0 Å². The number of hydrogen-bond acceptors (Lipinski definition) is 4. The van der Waals surface area contributed by atoms with E-state index in [9.17, 15) is 0 Å². The Hall–Kier alpha value is -1.10. The number of aromatic nitrogens is 3. The quantitative estimate of drug-likeness (QED) is 0.832. The van der Waals surface area contributed by atoms with Crippen LogP contribution in [0.1, 0.15) is 11.1 Å². The van der Waals surface area contributed by atoms with Gasteiger partial charge in [-0.1, -0.05) is 23.2 Å². The van der Waals surface area contributed by atoms with Crippen molar-refractivity contribution in [2.24, 2.45) is 0 Å². The monoisotopic (exact) mass is 303 g/mol. The highest BCUT2D eigenvalue weighted by Gasteiger charge is 2.12. The van der Waals surface area contributed by atoms with Crippen molar-refractivity contribution in [2.75, 3.05) is 0 Å². The molecule has 0 bridgehead atoms. The highest BCUT2D eigenvalue weighted by atomic mass is 35.5. The number of ether oxygens (including phenoxy) is 1. The van der Waals surface area contributed by atoms with E-state index in [1.54, 1.807) is 12.1 Å². The molecule has 2 rings (SSSR count). The Balaban J connectivity index is 2.43.